The molecule has 0 radical (unpaired) electrons. The molecule has 8 nitrogen and oxygen atoms in total. The third kappa shape index (κ3) is 5.05. The van der Waals surface area contributed by atoms with Gasteiger partial charge in [0.2, 0.25) is 11.1 Å². The zero-order chi connectivity index (χ0) is 22.5. The average Bonchev–Trinajstić information content (AvgIpc) is 3.26. The summed E-state index contributed by atoms with van der Waals surface area (Å²) in [6.45, 7) is 5.82. The zero-order valence-corrected chi connectivity index (χ0v) is 18.9. The molecule has 3 aromatic rings. The average molecular weight is 464 g/mol. The van der Waals surface area contributed by atoms with Crippen LogP contribution in [0.4, 0.5) is 9.39 Å². The fourth-order valence-corrected chi connectivity index (χ4v) is 4.70. The van der Waals surface area contributed by atoms with Gasteiger partial charge in [-0.1, -0.05) is 18.7 Å². The van der Waals surface area contributed by atoms with E-state index in [1.54, 1.807) is 19.1 Å². The van der Waals surface area contributed by atoms with Gasteiger partial charge in [-0.25, -0.2) is 13.9 Å². The Morgan fingerprint density at radius 2 is 1.97 bits per heavy atom. The molecule has 0 spiro atoms. The number of rotatable bonds is 8. The summed E-state index contributed by atoms with van der Waals surface area (Å²) >= 11 is 2.47. The van der Waals surface area contributed by atoms with Crippen molar-refractivity contribution in [3.63, 3.8) is 0 Å². The van der Waals surface area contributed by atoms with E-state index in [4.69, 9.17) is 10.6 Å². The number of halogens is 1. The molecule has 0 atom stereocenters. The monoisotopic (exact) mass is 463 g/mol. The van der Waals surface area contributed by atoms with Crippen LogP contribution in [0.5, 0.6) is 0 Å². The minimum absolute atomic E-state index is 0.0133. The molecule has 0 aliphatic heterocycles. The van der Waals surface area contributed by atoms with Crippen molar-refractivity contribution in [1.82, 2.24) is 14.9 Å². The number of thiophene rings is 1. The molecule has 3 rings (SSSR count). The second-order valence-corrected chi connectivity index (χ2v) is 8.50. The highest BCUT2D eigenvalue weighted by Gasteiger charge is 2.23. The van der Waals surface area contributed by atoms with E-state index in [-0.39, 0.29) is 24.1 Å². The molecule has 11 heteroatoms. The van der Waals surface area contributed by atoms with Crippen LogP contribution in [0.15, 0.2) is 29.4 Å². The molecule has 31 heavy (non-hydrogen) atoms. The number of amides is 1. The molecule has 1 aromatic carbocycles. The number of carbonyl (C=O) groups excluding carboxylic acids is 2. The maximum atomic E-state index is 13.1. The Morgan fingerprint density at radius 3 is 2.61 bits per heavy atom. The van der Waals surface area contributed by atoms with Gasteiger partial charge in [0, 0.05) is 10.4 Å². The molecule has 0 aliphatic carbocycles. The molecule has 0 saturated carbocycles. The standard InChI is InChI=1S/C20H22FN5O3S2/c1-4-14-11(3)16(19(28)29-5-2)18(31-14)23-15(27)10-30-20-25-24-17(26(20)22)12-6-8-13(21)9-7-12/h6-9H,4-5,10,22H2,1-3H3,(H,23,27). The predicted molar refractivity (Wildman–Crippen MR) is 119 cm³/mol. The maximum Gasteiger partial charge on any atom is 0.341 e. The van der Waals surface area contributed by atoms with Gasteiger partial charge in [-0.15, -0.1) is 21.5 Å². The molecule has 3 N–H and O–H groups in total. The van der Waals surface area contributed by atoms with Gasteiger partial charge in [0.25, 0.3) is 0 Å². The van der Waals surface area contributed by atoms with Crippen molar-refractivity contribution in [2.24, 2.45) is 0 Å². The van der Waals surface area contributed by atoms with Gasteiger partial charge in [0.1, 0.15) is 10.8 Å². The van der Waals surface area contributed by atoms with Crippen LogP contribution < -0.4 is 11.2 Å². The number of carbonyl (C=O) groups is 2. The number of esters is 1. The molecule has 0 fully saturated rings. The highest BCUT2D eigenvalue weighted by atomic mass is 32.2. The summed E-state index contributed by atoms with van der Waals surface area (Å²) in [7, 11) is 0. The Hall–Kier alpha value is -2.92. The summed E-state index contributed by atoms with van der Waals surface area (Å²) in [5, 5.41) is 11.6. The third-order valence-corrected chi connectivity index (χ3v) is 6.69. The van der Waals surface area contributed by atoms with Crippen LogP contribution in [0.2, 0.25) is 0 Å². The van der Waals surface area contributed by atoms with Crippen molar-refractivity contribution in [2.75, 3.05) is 23.5 Å². The fraction of sp³-hybridized carbons (Fsp3) is 0.300. The van der Waals surface area contributed by atoms with E-state index in [2.05, 4.69) is 15.5 Å². The van der Waals surface area contributed by atoms with E-state index in [1.807, 2.05) is 13.8 Å². The number of hydrogen-bond acceptors (Lipinski definition) is 8. The number of aryl methyl sites for hydroxylation is 1. The van der Waals surface area contributed by atoms with Crippen LogP contribution in [0.1, 0.15) is 34.6 Å². The lowest BCUT2D eigenvalue weighted by Crippen LogP contribution is -2.17. The van der Waals surface area contributed by atoms with Gasteiger partial charge in [-0.3, -0.25) is 4.79 Å². The number of nitrogens with two attached hydrogens (primary N) is 1. The summed E-state index contributed by atoms with van der Waals surface area (Å²) < 4.78 is 19.5. The van der Waals surface area contributed by atoms with Crippen LogP contribution in [0, 0.1) is 12.7 Å². The maximum absolute atomic E-state index is 13.1. The smallest absolute Gasteiger partial charge is 0.341 e. The second-order valence-electron chi connectivity index (χ2n) is 6.45. The molecule has 2 aromatic heterocycles. The number of benzene rings is 1. The lowest BCUT2D eigenvalue weighted by Gasteiger charge is -2.07. The van der Waals surface area contributed by atoms with Gasteiger partial charge in [0.05, 0.1) is 17.9 Å². The Labute approximate surface area is 187 Å². The molecule has 164 valence electrons. The van der Waals surface area contributed by atoms with Gasteiger partial charge in [0.15, 0.2) is 5.82 Å². The van der Waals surface area contributed by atoms with Crippen molar-refractivity contribution in [2.45, 2.75) is 32.3 Å². The van der Waals surface area contributed by atoms with Crippen molar-refractivity contribution in [1.29, 1.82) is 0 Å². The molecular weight excluding hydrogens is 441 g/mol. The van der Waals surface area contributed by atoms with Crippen molar-refractivity contribution >= 4 is 40.0 Å². The number of anilines is 1. The Balaban J connectivity index is 1.70. The molecule has 1 amide bonds. The Bertz CT molecular complexity index is 1100. The first-order valence-corrected chi connectivity index (χ1v) is 11.3. The SMILES string of the molecule is CCOC(=O)c1c(NC(=O)CSc2nnc(-c3ccc(F)cc3)n2N)sc(CC)c1C. The lowest BCUT2D eigenvalue weighted by molar-refractivity contribution is -0.113. The van der Waals surface area contributed by atoms with E-state index in [0.717, 1.165) is 28.6 Å². The molecule has 0 bridgehead atoms. The molecule has 2 heterocycles. The van der Waals surface area contributed by atoms with Gasteiger partial charge in [-0.05, 0) is 50.1 Å². The van der Waals surface area contributed by atoms with Crippen molar-refractivity contribution < 1.29 is 18.7 Å². The van der Waals surface area contributed by atoms with Crippen LogP contribution in [-0.4, -0.2) is 39.1 Å². The Morgan fingerprint density at radius 1 is 1.26 bits per heavy atom. The predicted octanol–water partition coefficient (Wildman–Crippen LogP) is 3.64. The second kappa shape index (κ2) is 9.92. The first-order chi connectivity index (χ1) is 14.8. The minimum Gasteiger partial charge on any atom is -0.462 e. The summed E-state index contributed by atoms with van der Waals surface area (Å²) in [6, 6.07) is 5.70. The lowest BCUT2D eigenvalue weighted by atomic mass is 10.1. The molecule has 0 unspecified atom stereocenters. The van der Waals surface area contributed by atoms with Crippen LogP contribution >= 0.6 is 23.1 Å². The van der Waals surface area contributed by atoms with Crippen LogP contribution in [-0.2, 0) is 16.0 Å². The number of hydrogen-bond donors (Lipinski definition) is 2. The van der Waals surface area contributed by atoms with Crippen molar-refractivity contribution in [3.05, 3.63) is 46.1 Å². The number of thioether (sulfide) groups is 1. The normalized spacial score (nSPS) is 10.8. The van der Waals surface area contributed by atoms with Crippen LogP contribution in [0.3, 0.4) is 0 Å². The van der Waals surface area contributed by atoms with Crippen LogP contribution in [0.25, 0.3) is 11.4 Å². The number of aromatic nitrogens is 3. The summed E-state index contributed by atoms with van der Waals surface area (Å²) in [4.78, 5) is 25.9. The summed E-state index contributed by atoms with van der Waals surface area (Å²) in [6.07, 6.45) is 0.746. The number of nitrogens with zero attached hydrogens (tertiary/aromatic N) is 3. The van der Waals surface area contributed by atoms with E-state index >= 15 is 0 Å². The van der Waals surface area contributed by atoms with E-state index in [0.29, 0.717) is 27.1 Å². The first-order valence-electron chi connectivity index (χ1n) is 9.54. The van der Waals surface area contributed by atoms with Gasteiger partial charge in [-0.2, -0.15) is 0 Å². The minimum atomic E-state index is -0.454. The topological polar surface area (TPSA) is 112 Å². The zero-order valence-electron chi connectivity index (χ0n) is 17.3. The summed E-state index contributed by atoms with van der Waals surface area (Å²) in [5.41, 5.74) is 1.81. The van der Waals surface area contributed by atoms with Gasteiger partial charge < -0.3 is 15.9 Å². The number of nitrogen functional groups attached to an aromatic ring is 1. The molecule has 0 saturated heterocycles. The van der Waals surface area contributed by atoms with E-state index in [1.165, 1.54) is 28.1 Å². The largest absolute Gasteiger partial charge is 0.462 e. The van der Waals surface area contributed by atoms with E-state index < -0.39 is 5.97 Å². The fourth-order valence-electron chi connectivity index (χ4n) is 2.90. The molecule has 0 aliphatic rings. The highest BCUT2D eigenvalue weighted by molar-refractivity contribution is 7.99. The summed E-state index contributed by atoms with van der Waals surface area (Å²) in [5.74, 6) is 5.27. The van der Waals surface area contributed by atoms with Crippen molar-refractivity contribution in [3.8, 4) is 11.4 Å². The first kappa shape index (κ1) is 22.8. The third-order valence-electron chi connectivity index (χ3n) is 4.40. The van der Waals surface area contributed by atoms with E-state index in [9.17, 15) is 14.0 Å². The number of nitrogens with one attached hydrogen (secondary N) is 1. The highest BCUT2D eigenvalue weighted by Crippen LogP contribution is 2.34. The quantitative estimate of drug-likeness (QED) is 0.298. The van der Waals surface area contributed by atoms with Gasteiger partial charge >= 0.3 is 5.97 Å². The Kier molecular flexibility index (Phi) is 7.29. The molecular formula is C20H22FN5O3S2. The number of ether oxygens (including phenoxy) is 1.